The molecule has 1 aromatic carbocycles. The van der Waals surface area contributed by atoms with Gasteiger partial charge in [-0.05, 0) is 30.9 Å². The monoisotopic (exact) mass is 224 g/mol. The lowest BCUT2D eigenvalue weighted by molar-refractivity contribution is 0.124. The van der Waals surface area contributed by atoms with E-state index < -0.39 is 5.60 Å². The molecule has 1 N–H and O–H groups in total. The van der Waals surface area contributed by atoms with Gasteiger partial charge in [0.05, 0.1) is 12.7 Å². The van der Waals surface area contributed by atoms with Crippen LogP contribution in [0.25, 0.3) is 0 Å². The van der Waals surface area contributed by atoms with Gasteiger partial charge in [-0.1, -0.05) is 13.3 Å². The van der Waals surface area contributed by atoms with Crippen LogP contribution in [-0.4, -0.2) is 12.2 Å². The number of rotatable bonds is 4. The first-order chi connectivity index (χ1) is 7.61. The summed E-state index contributed by atoms with van der Waals surface area (Å²) in [5.41, 5.74) is -0.529. The van der Waals surface area contributed by atoms with Crippen molar-refractivity contribution in [2.24, 2.45) is 5.92 Å². The summed E-state index contributed by atoms with van der Waals surface area (Å²) >= 11 is 0. The molecule has 0 heterocycles. The summed E-state index contributed by atoms with van der Waals surface area (Å²) in [6.45, 7) is 2.07. The van der Waals surface area contributed by atoms with E-state index in [0.29, 0.717) is 17.7 Å². The van der Waals surface area contributed by atoms with Crippen molar-refractivity contribution in [3.63, 3.8) is 0 Å². The SMILES string of the molecule is CCCC1CC1(O)c1ccc(OC)cc1F. The molecule has 0 aliphatic heterocycles. The largest absolute Gasteiger partial charge is 0.497 e. The molecule has 0 amide bonds. The molecule has 1 fully saturated rings. The van der Waals surface area contributed by atoms with E-state index in [-0.39, 0.29) is 11.7 Å². The van der Waals surface area contributed by atoms with Crippen molar-refractivity contribution in [3.8, 4) is 5.75 Å². The average molecular weight is 224 g/mol. The molecule has 88 valence electrons. The maximum absolute atomic E-state index is 13.7. The molecule has 1 aromatic rings. The topological polar surface area (TPSA) is 29.5 Å². The molecule has 2 atom stereocenters. The van der Waals surface area contributed by atoms with Crippen molar-refractivity contribution in [2.75, 3.05) is 7.11 Å². The molecule has 2 unspecified atom stereocenters. The van der Waals surface area contributed by atoms with E-state index in [1.165, 1.54) is 13.2 Å². The van der Waals surface area contributed by atoms with E-state index >= 15 is 0 Å². The maximum atomic E-state index is 13.7. The summed E-state index contributed by atoms with van der Waals surface area (Å²) in [5.74, 6) is 0.318. The fourth-order valence-corrected chi connectivity index (χ4v) is 2.31. The number of aliphatic hydroxyl groups is 1. The van der Waals surface area contributed by atoms with Crippen molar-refractivity contribution >= 4 is 0 Å². The van der Waals surface area contributed by atoms with Crippen LogP contribution >= 0.6 is 0 Å². The van der Waals surface area contributed by atoms with Crippen LogP contribution in [0.2, 0.25) is 0 Å². The first-order valence-corrected chi connectivity index (χ1v) is 5.68. The molecule has 3 heteroatoms. The third-order valence-corrected chi connectivity index (χ3v) is 3.35. The summed E-state index contributed by atoms with van der Waals surface area (Å²) in [7, 11) is 1.50. The Bertz CT molecular complexity index is 392. The van der Waals surface area contributed by atoms with E-state index in [4.69, 9.17) is 4.74 Å². The zero-order valence-electron chi connectivity index (χ0n) is 9.66. The van der Waals surface area contributed by atoms with Crippen LogP contribution in [0.4, 0.5) is 4.39 Å². The second-order valence-corrected chi connectivity index (χ2v) is 4.46. The van der Waals surface area contributed by atoms with Gasteiger partial charge in [0.1, 0.15) is 11.6 Å². The highest BCUT2D eigenvalue weighted by molar-refractivity contribution is 5.36. The van der Waals surface area contributed by atoms with Crippen molar-refractivity contribution < 1.29 is 14.2 Å². The standard InChI is InChI=1S/C13H17FO2/c1-3-4-9-8-13(9,15)11-6-5-10(16-2)7-12(11)14/h5-7,9,15H,3-4,8H2,1-2H3. The van der Waals surface area contributed by atoms with Crippen LogP contribution in [0, 0.1) is 11.7 Å². The van der Waals surface area contributed by atoms with Gasteiger partial charge in [0.15, 0.2) is 0 Å². The van der Waals surface area contributed by atoms with Crippen molar-refractivity contribution in [1.29, 1.82) is 0 Å². The number of hydrogen-bond acceptors (Lipinski definition) is 2. The molecule has 2 nitrogen and oxygen atoms in total. The Kier molecular flexibility index (Phi) is 2.89. The van der Waals surface area contributed by atoms with Crippen molar-refractivity contribution in [1.82, 2.24) is 0 Å². The molecule has 1 aliphatic carbocycles. The summed E-state index contributed by atoms with van der Waals surface area (Å²) in [6.07, 6.45) is 2.64. The normalized spacial score (nSPS) is 27.9. The summed E-state index contributed by atoms with van der Waals surface area (Å²) in [5, 5.41) is 10.3. The van der Waals surface area contributed by atoms with Gasteiger partial charge in [-0.15, -0.1) is 0 Å². The first-order valence-electron chi connectivity index (χ1n) is 5.68. The Hall–Kier alpha value is -1.09. The molecule has 1 saturated carbocycles. The van der Waals surface area contributed by atoms with E-state index in [1.807, 2.05) is 0 Å². The Labute approximate surface area is 95.1 Å². The van der Waals surface area contributed by atoms with Crippen molar-refractivity contribution in [2.45, 2.75) is 31.8 Å². The first kappa shape index (κ1) is 11.4. The van der Waals surface area contributed by atoms with Gasteiger partial charge in [0.25, 0.3) is 0 Å². The Morgan fingerprint density at radius 2 is 2.31 bits per heavy atom. The third-order valence-electron chi connectivity index (χ3n) is 3.35. The zero-order valence-corrected chi connectivity index (χ0v) is 9.66. The number of benzene rings is 1. The Balaban J connectivity index is 2.22. The number of halogens is 1. The van der Waals surface area contributed by atoms with Gasteiger partial charge in [0.2, 0.25) is 0 Å². The van der Waals surface area contributed by atoms with E-state index in [1.54, 1.807) is 12.1 Å². The lowest BCUT2D eigenvalue weighted by atomic mass is 10.0. The lowest BCUT2D eigenvalue weighted by Gasteiger charge is -2.12. The second-order valence-electron chi connectivity index (χ2n) is 4.46. The second kappa shape index (κ2) is 4.06. The summed E-state index contributed by atoms with van der Waals surface area (Å²) in [6, 6.07) is 4.65. The van der Waals surface area contributed by atoms with E-state index in [2.05, 4.69) is 6.92 Å². The third kappa shape index (κ3) is 1.80. The minimum Gasteiger partial charge on any atom is -0.497 e. The van der Waals surface area contributed by atoms with Crippen LogP contribution in [-0.2, 0) is 5.60 Å². The molecule has 0 saturated heterocycles. The number of ether oxygens (including phenoxy) is 1. The Morgan fingerprint density at radius 1 is 1.56 bits per heavy atom. The number of methoxy groups -OCH3 is 1. The molecule has 0 aromatic heterocycles. The molecule has 16 heavy (non-hydrogen) atoms. The number of hydrogen-bond donors (Lipinski definition) is 1. The molecule has 0 spiro atoms. The van der Waals surface area contributed by atoms with Crippen LogP contribution in [0.3, 0.4) is 0 Å². The molecular formula is C13H17FO2. The summed E-state index contributed by atoms with van der Waals surface area (Å²) < 4.78 is 18.7. The smallest absolute Gasteiger partial charge is 0.132 e. The maximum Gasteiger partial charge on any atom is 0.132 e. The van der Waals surface area contributed by atoms with Crippen LogP contribution in [0.5, 0.6) is 5.75 Å². The van der Waals surface area contributed by atoms with Gasteiger partial charge in [-0.3, -0.25) is 0 Å². The fourth-order valence-electron chi connectivity index (χ4n) is 2.31. The molecule has 0 bridgehead atoms. The minimum absolute atomic E-state index is 0.209. The lowest BCUT2D eigenvalue weighted by Crippen LogP contribution is -2.11. The predicted octanol–water partition coefficient (Wildman–Crippen LogP) is 2.84. The van der Waals surface area contributed by atoms with Crippen LogP contribution < -0.4 is 4.74 Å². The molecule has 2 rings (SSSR count). The quantitative estimate of drug-likeness (QED) is 0.852. The van der Waals surface area contributed by atoms with Gasteiger partial charge in [-0.2, -0.15) is 0 Å². The summed E-state index contributed by atoms with van der Waals surface area (Å²) in [4.78, 5) is 0. The van der Waals surface area contributed by atoms with E-state index in [0.717, 1.165) is 12.8 Å². The zero-order chi connectivity index (χ0) is 11.8. The van der Waals surface area contributed by atoms with E-state index in [9.17, 15) is 9.50 Å². The van der Waals surface area contributed by atoms with Crippen molar-refractivity contribution in [3.05, 3.63) is 29.6 Å². The van der Waals surface area contributed by atoms with Crippen LogP contribution in [0.1, 0.15) is 31.7 Å². The van der Waals surface area contributed by atoms with Gasteiger partial charge in [0, 0.05) is 11.6 Å². The van der Waals surface area contributed by atoms with Gasteiger partial charge >= 0.3 is 0 Å². The molecular weight excluding hydrogens is 207 g/mol. The molecule has 1 aliphatic rings. The van der Waals surface area contributed by atoms with Gasteiger partial charge in [-0.25, -0.2) is 4.39 Å². The molecule has 0 radical (unpaired) electrons. The van der Waals surface area contributed by atoms with Crippen LogP contribution in [0.15, 0.2) is 18.2 Å². The minimum atomic E-state index is -0.938. The highest BCUT2D eigenvalue weighted by Crippen LogP contribution is 2.55. The predicted molar refractivity (Wildman–Crippen MR) is 59.9 cm³/mol. The highest BCUT2D eigenvalue weighted by Gasteiger charge is 2.54. The highest BCUT2D eigenvalue weighted by atomic mass is 19.1. The Morgan fingerprint density at radius 3 is 2.88 bits per heavy atom. The fraction of sp³-hybridized carbons (Fsp3) is 0.538. The average Bonchev–Trinajstić information content (AvgIpc) is 2.90. The van der Waals surface area contributed by atoms with Gasteiger partial charge < -0.3 is 9.84 Å².